The fourth-order valence-corrected chi connectivity index (χ4v) is 2.79. The van der Waals surface area contributed by atoms with Crippen molar-refractivity contribution in [2.24, 2.45) is 11.7 Å². The minimum Gasteiger partial charge on any atom is -0.393 e. The van der Waals surface area contributed by atoms with Crippen LogP contribution in [0.1, 0.15) is 6.92 Å². The van der Waals surface area contributed by atoms with Crippen molar-refractivity contribution in [2.75, 3.05) is 13.6 Å². The van der Waals surface area contributed by atoms with E-state index in [4.69, 9.17) is 18.0 Å². The van der Waals surface area contributed by atoms with Crippen LogP contribution in [0.15, 0.2) is 29.2 Å². The summed E-state index contributed by atoms with van der Waals surface area (Å²) >= 11 is 4.78. The predicted octanol–water partition coefficient (Wildman–Crippen LogP) is 1.37. The average molecular weight is 290 g/mol. The minimum atomic E-state index is -3.86. The SMILES string of the molecule is CC(CN(C)S(=O)(=O)c1ccccc1F)C(N)=S. The smallest absolute Gasteiger partial charge is 0.245 e. The number of nitrogens with two attached hydrogens (primary N) is 1. The van der Waals surface area contributed by atoms with Crippen molar-refractivity contribution in [1.82, 2.24) is 4.31 Å². The molecule has 1 rings (SSSR count). The topological polar surface area (TPSA) is 63.4 Å². The highest BCUT2D eigenvalue weighted by molar-refractivity contribution is 7.89. The maximum atomic E-state index is 13.5. The zero-order valence-corrected chi connectivity index (χ0v) is 11.8. The molecule has 1 aromatic carbocycles. The van der Waals surface area contributed by atoms with Crippen molar-refractivity contribution >= 4 is 27.2 Å². The lowest BCUT2D eigenvalue weighted by Crippen LogP contribution is -2.35. The molecule has 0 radical (unpaired) electrons. The number of nitrogens with zero attached hydrogens (tertiary/aromatic N) is 1. The summed E-state index contributed by atoms with van der Waals surface area (Å²) in [6, 6.07) is 5.25. The number of halogens is 1. The Kier molecular flexibility index (Phi) is 4.78. The van der Waals surface area contributed by atoms with Gasteiger partial charge in [-0.2, -0.15) is 0 Å². The molecule has 1 atom stereocenters. The van der Waals surface area contributed by atoms with E-state index in [1.807, 2.05) is 0 Å². The van der Waals surface area contributed by atoms with Gasteiger partial charge in [-0.1, -0.05) is 31.3 Å². The van der Waals surface area contributed by atoms with Gasteiger partial charge >= 0.3 is 0 Å². The third-order valence-electron chi connectivity index (χ3n) is 2.54. The summed E-state index contributed by atoms with van der Waals surface area (Å²) in [4.78, 5) is -0.117. The number of sulfonamides is 1. The van der Waals surface area contributed by atoms with Gasteiger partial charge < -0.3 is 5.73 Å². The van der Waals surface area contributed by atoms with E-state index in [0.717, 1.165) is 10.4 Å². The average Bonchev–Trinajstić information content (AvgIpc) is 2.28. The molecule has 0 aliphatic carbocycles. The molecule has 7 heteroatoms. The van der Waals surface area contributed by atoms with Crippen LogP contribution in [0.4, 0.5) is 4.39 Å². The molecule has 0 saturated carbocycles. The van der Waals surface area contributed by atoms with E-state index in [9.17, 15) is 12.8 Å². The largest absolute Gasteiger partial charge is 0.393 e. The molecule has 1 aromatic rings. The second-order valence-electron chi connectivity index (χ2n) is 4.02. The molecular weight excluding hydrogens is 275 g/mol. The monoisotopic (exact) mass is 290 g/mol. The van der Waals surface area contributed by atoms with Gasteiger partial charge in [-0.3, -0.25) is 0 Å². The number of benzene rings is 1. The number of hydrogen-bond acceptors (Lipinski definition) is 3. The van der Waals surface area contributed by atoms with E-state index >= 15 is 0 Å². The van der Waals surface area contributed by atoms with Gasteiger partial charge in [-0.15, -0.1) is 0 Å². The van der Waals surface area contributed by atoms with Crippen LogP contribution < -0.4 is 5.73 Å². The molecule has 0 saturated heterocycles. The first-order valence-electron chi connectivity index (χ1n) is 5.27. The van der Waals surface area contributed by atoms with Gasteiger partial charge in [0.1, 0.15) is 10.7 Å². The molecule has 0 amide bonds. The van der Waals surface area contributed by atoms with Crippen LogP contribution in [0, 0.1) is 11.7 Å². The Hall–Kier alpha value is -1.05. The molecule has 0 aromatic heterocycles. The molecule has 0 fully saturated rings. The van der Waals surface area contributed by atoms with Crippen LogP contribution in [0.5, 0.6) is 0 Å². The van der Waals surface area contributed by atoms with E-state index in [2.05, 4.69) is 0 Å². The molecular formula is C11H15FN2O2S2. The Labute approximate surface area is 112 Å². The van der Waals surface area contributed by atoms with Crippen molar-refractivity contribution in [2.45, 2.75) is 11.8 Å². The van der Waals surface area contributed by atoms with Crippen LogP contribution in [0.2, 0.25) is 0 Å². The molecule has 100 valence electrons. The normalized spacial score (nSPS) is 13.6. The summed E-state index contributed by atoms with van der Waals surface area (Å²) in [5.74, 6) is -1.04. The van der Waals surface area contributed by atoms with Crippen molar-refractivity contribution in [3.8, 4) is 0 Å². The van der Waals surface area contributed by atoms with Crippen LogP contribution in [-0.2, 0) is 10.0 Å². The molecule has 4 nitrogen and oxygen atoms in total. The van der Waals surface area contributed by atoms with Crippen molar-refractivity contribution in [1.29, 1.82) is 0 Å². The Morgan fingerprint density at radius 3 is 2.56 bits per heavy atom. The highest BCUT2D eigenvalue weighted by Crippen LogP contribution is 2.18. The Morgan fingerprint density at radius 1 is 1.50 bits per heavy atom. The van der Waals surface area contributed by atoms with E-state index in [1.165, 1.54) is 25.2 Å². The van der Waals surface area contributed by atoms with E-state index in [0.29, 0.717) is 0 Å². The Morgan fingerprint density at radius 2 is 2.06 bits per heavy atom. The molecule has 0 bridgehead atoms. The summed E-state index contributed by atoms with van der Waals surface area (Å²) in [5, 5.41) is 0. The molecule has 2 N–H and O–H groups in total. The van der Waals surface area contributed by atoms with Crippen molar-refractivity contribution in [3.05, 3.63) is 30.1 Å². The van der Waals surface area contributed by atoms with Crippen LogP contribution in [0.3, 0.4) is 0 Å². The van der Waals surface area contributed by atoms with Crippen LogP contribution in [0.25, 0.3) is 0 Å². The minimum absolute atomic E-state index is 0.117. The number of thiocarbonyl (C=S) groups is 1. The van der Waals surface area contributed by atoms with Gasteiger partial charge in [-0.05, 0) is 12.1 Å². The Bertz CT molecular complexity index is 546. The second kappa shape index (κ2) is 5.73. The maximum absolute atomic E-state index is 13.5. The van der Waals surface area contributed by atoms with Gasteiger partial charge in [0, 0.05) is 19.5 Å². The molecule has 18 heavy (non-hydrogen) atoms. The molecule has 0 aliphatic rings. The molecule has 0 spiro atoms. The fourth-order valence-electron chi connectivity index (χ4n) is 1.40. The second-order valence-corrected chi connectivity index (χ2v) is 6.50. The van der Waals surface area contributed by atoms with E-state index in [1.54, 1.807) is 6.92 Å². The summed E-state index contributed by atoms with van der Waals surface area (Å²) < 4.78 is 38.8. The van der Waals surface area contributed by atoms with Crippen LogP contribution in [-0.4, -0.2) is 31.3 Å². The van der Waals surface area contributed by atoms with E-state index < -0.39 is 15.8 Å². The van der Waals surface area contributed by atoms with E-state index in [-0.39, 0.29) is 22.3 Å². The van der Waals surface area contributed by atoms with Gasteiger partial charge in [0.2, 0.25) is 10.0 Å². The first kappa shape index (κ1) is 15.0. The molecule has 1 unspecified atom stereocenters. The van der Waals surface area contributed by atoms with Crippen LogP contribution >= 0.6 is 12.2 Å². The first-order chi connectivity index (χ1) is 8.26. The lowest BCUT2D eigenvalue weighted by molar-refractivity contribution is 0.440. The summed E-state index contributed by atoms with van der Waals surface area (Å²) in [6.45, 7) is 1.84. The standard InChI is InChI=1S/C11H15FN2O2S2/c1-8(11(13)17)7-14(2)18(15,16)10-6-4-3-5-9(10)12/h3-6,8H,7H2,1-2H3,(H2,13,17). The first-order valence-corrected chi connectivity index (χ1v) is 7.12. The number of hydrogen-bond donors (Lipinski definition) is 1. The zero-order chi connectivity index (χ0) is 13.9. The quantitative estimate of drug-likeness (QED) is 0.832. The van der Waals surface area contributed by atoms with Crippen molar-refractivity contribution < 1.29 is 12.8 Å². The maximum Gasteiger partial charge on any atom is 0.245 e. The zero-order valence-electron chi connectivity index (χ0n) is 10.1. The highest BCUT2D eigenvalue weighted by atomic mass is 32.2. The number of rotatable bonds is 5. The molecule has 0 aliphatic heterocycles. The van der Waals surface area contributed by atoms with Gasteiger partial charge in [0.15, 0.2) is 0 Å². The summed E-state index contributed by atoms with van der Waals surface area (Å²) in [5.41, 5.74) is 5.43. The predicted molar refractivity (Wildman–Crippen MR) is 72.2 cm³/mol. The van der Waals surface area contributed by atoms with Gasteiger partial charge in [0.05, 0.1) is 4.99 Å². The van der Waals surface area contributed by atoms with Crippen molar-refractivity contribution in [3.63, 3.8) is 0 Å². The lowest BCUT2D eigenvalue weighted by Gasteiger charge is -2.20. The summed E-state index contributed by atoms with van der Waals surface area (Å²) in [7, 11) is -2.48. The highest BCUT2D eigenvalue weighted by Gasteiger charge is 2.25. The molecule has 0 heterocycles. The third kappa shape index (κ3) is 3.24. The van der Waals surface area contributed by atoms with Gasteiger partial charge in [-0.25, -0.2) is 17.1 Å². The van der Waals surface area contributed by atoms with Gasteiger partial charge in [0.25, 0.3) is 0 Å². The third-order valence-corrected chi connectivity index (χ3v) is 4.80. The lowest BCUT2D eigenvalue weighted by atomic mass is 10.2. The summed E-state index contributed by atoms with van der Waals surface area (Å²) in [6.07, 6.45) is 0. The fraction of sp³-hybridized carbons (Fsp3) is 0.364. The Balaban J connectivity index is 3.01.